The molecule has 0 aliphatic carbocycles. The van der Waals surface area contributed by atoms with Crippen LogP contribution >= 0.6 is 15.9 Å². The predicted octanol–water partition coefficient (Wildman–Crippen LogP) is 1.39. The number of benzene rings is 1. The molecule has 0 radical (unpaired) electrons. The average molecular weight is 259 g/mol. The quantitative estimate of drug-likeness (QED) is 0.657. The topological polar surface area (TPSA) is 86.2 Å². The number of non-ortho nitro benzene ring substituents is 1. The van der Waals surface area contributed by atoms with E-state index in [0.717, 1.165) is 0 Å². The number of nitrogens with two attached hydrogens (primary N) is 1. The molecule has 74 valence electrons. The monoisotopic (exact) mass is 258 g/mol. The first kappa shape index (κ1) is 10.6. The zero-order valence-electron chi connectivity index (χ0n) is 7.07. The van der Waals surface area contributed by atoms with Crippen molar-refractivity contribution in [1.29, 1.82) is 0 Å². The Bertz CT molecular complexity index is 392. The highest BCUT2D eigenvalue weighted by atomic mass is 79.9. The van der Waals surface area contributed by atoms with Crippen molar-refractivity contribution in [3.63, 3.8) is 0 Å². The summed E-state index contributed by atoms with van der Waals surface area (Å²) < 4.78 is 0.519. The van der Waals surface area contributed by atoms with E-state index in [1.807, 2.05) is 0 Å². The van der Waals surface area contributed by atoms with Gasteiger partial charge in [-0.3, -0.25) is 14.9 Å². The number of rotatable bonds is 3. The molecule has 0 atom stereocenters. The molecule has 1 amide bonds. The molecule has 6 heteroatoms. The van der Waals surface area contributed by atoms with Crippen molar-refractivity contribution >= 4 is 27.5 Å². The molecule has 0 heterocycles. The fourth-order valence-electron chi connectivity index (χ4n) is 0.981. The lowest BCUT2D eigenvalue weighted by Crippen LogP contribution is -2.13. The van der Waals surface area contributed by atoms with E-state index >= 15 is 0 Å². The van der Waals surface area contributed by atoms with Crippen LogP contribution in [0.25, 0.3) is 0 Å². The minimum absolute atomic E-state index is 0.0231. The molecule has 0 spiro atoms. The van der Waals surface area contributed by atoms with Gasteiger partial charge in [0, 0.05) is 16.6 Å². The van der Waals surface area contributed by atoms with Crippen molar-refractivity contribution in [1.82, 2.24) is 0 Å². The largest absolute Gasteiger partial charge is 0.369 e. The summed E-state index contributed by atoms with van der Waals surface area (Å²) >= 11 is 3.13. The summed E-state index contributed by atoms with van der Waals surface area (Å²) in [5, 5.41) is 10.4. The lowest BCUT2D eigenvalue weighted by Gasteiger charge is -2.00. The number of primary amides is 1. The van der Waals surface area contributed by atoms with Gasteiger partial charge in [-0.05, 0) is 5.56 Å². The van der Waals surface area contributed by atoms with Gasteiger partial charge in [-0.25, -0.2) is 0 Å². The predicted molar refractivity (Wildman–Crippen MR) is 53.7 cm³/mol. The molecule has 2 N–H and O–H groups in total. The normalized spacial score (nSPS) is 9.79. The van der Waals surface area contributed by atoms with Crippen LogP contribution in [-0.4, -0.2) is 10.8 Å². The summed E-state index contributed by atoms with van der Waals surface area (Å²) in [6, 6.07) is 4.19. The van der Waals surface area contributed by atoms with E-state index in [2.05, 4.69) is 15.9 Å². The van der Waals surface area contributed by atoms with Crippen LogP contribution in [-0.2, 0) is 11.2 Å². The molecule has 0 saturated carbocycles. The maximum atomic E-state index is 10.6. The van der Waals surface area contributed by atoms with E-state index in [1.165, 1.54) is 18.2 Å². The number of nitro groups is 1. The number of carbonyl (C=O) groups is 1. The van der Waals surface area contributed by atoms with E-state index < -0.39 is 10.8 Å². The van der Waals surface area contributed by atoms with Crippen molar-refractivity contribution in [3.8, 4) is 0 Å². The zero-order chi connectivity index (χ0) is 10.7. The van der Waals surface area contributed by atoms with Gasteiger partial charge >= 0.3 is 0 Å². The highest BCUT2D eigenvalue weighted by Gasteiger charge is 2.10. The van der Waals surface area contributed by atoms with E-state index in [0.29, 0.717) is 10.0 Å². The van der Waals surface area contributed by atoms with Gasteiger partial charge in [-0.15, -0.1) is 0 Å². The second-order valence-corrected chi connectivity index (χ2v) is 3.53. The number of nitrogens with zero attached hydrogens (tertiary/aromatic N) is 1. The summed E-state index contributed by atoms with van der Waals surface area (Å²) in [5.41, 5.74) is 5.62. The fraction of sp³-hybridized carbons (Fsp3) is 0.125. The first-order valence-electron chi connectivity index (χ1n) is 3.72. The molecule has 0 fully saturated rings. The van der Waals surface area contributed by atoms with Crippen LogP contribution in [0.1, 0.15) is 5.56 Å². The van der Waals surface area contributed by atoms with Gasteiger partial charge in [0.25, 0.3) is 5.69 Å². The van der Waals surface area contributed by atoms with Crippen LogP contribution in [0.2, 0.25) is 0 Å². The highest BCUT2D eigenvalue weighted by molar-refractivity contribution is 9.10. The Kier molecular flexibility index (Phi) is 3.19. The first-order valence-corrected chi connectivity index (χ1v) is 4.51. The van der Waals surface area contributed by atoms with E-state index in [4.69, 9.17) is 5.73 Å². The number of halogens is 1. The molecule has 0 unspecified atom stereocenters. The van der Waals surface area contributed by atoms with Crippen LogP contribution in [0.4, 0.5) is 5.69 Å². The first-order chi connectivity index (χ1) is 6.50. The molecule has 5 nitrogen and oxygen atoms in total. The lowest BCUT2D eigenvalue weighted by atomic mass is 10.1. The third-order valence-electron chi connectivity index (χ3n) is 1.61. The third kappa shape index (κ3) is 2.53. The maximum Gasteiger partial charge on any atom is 0.270 e. The standard InChI is InChI=1S/C8H7BrN2O3/c9-7-4-6(11(13)14)2-1-5(7)3-8(10)12/h1-2,4H,3H2,(H2,10,12). The summed E-state index contributed by atoms with van der Waals surface area (Å²) in [4.78, 5) is 20.5. The highest BCUT2D eigenvalue weighted by Crippen LogP contribution is 2.23. The second kappa shape index (κ2) is 4.19. The molecule has 0 aliphatic heterocycles. The van der Waals surface area contributed by atoms with Crippen molar-refractivity contribution in [2.24, 2.45) is 5.73 Å². The Labute approximate surface area is 88.2 Å². The molecule has 1 aromatic rings. The Balaban J connectivity index is 3.01. The van der Waals surface area contributed by atoms with Gasteiger partial charge in [-0.2, -0.15) is 0 Å². The molecular weight excluding hydrogens is 252 g/mol. The number of carbonyl (C=O) groups excluding carboxylic acids is 1. The fourth-order valence-corrected chi connectivity index (χ4v) is 1.49. The summed E-state index contributed by atoms with van der Waals surface area (Å²) in [6.45, 7) is 0. The van der Waals surface area contributed by atoms with Gasteiger partial charge in [0.05, 0.1) is 11.3 Å². The van der Waals surface area contributed by atoms with Crippen molar-refractivity contribution < 1.29 is 9.72 Å². The molecule has 14 heavy (non-hydrogen) atoms. The molecule has 0 bridgehead atoms. The Hall–Kier alpha value is -1.43. The van der Waals surface area contributed by atoms with E-state index in [1.54, 1.807) is 0 Å². The number of amides is 1. The van der Waals surface area contributed by atoms with Crippen LogP contribution < -0.4 is 5.73 Å². The van der Waals surface area contributed by atoms with Crippen molar-refractivity contribution in [2.45, 2.75) is 6.42 Å². The minimum atomic E-state index is -0.501. The summed E-state index contributed by atoms with van der Waals surface area (Å²) in [5.74, 6) is -0.473. The average Bonchev–Trinajstić information content (AvgIpc) is 2.07. The van der Waals surface area contributed by atoms with E-state index in [9.17, 15) is 14.9 Å². The second-order valence-electron chi connectivity index (χ2n) is 2.68. The maximum absolute atomic E-state index is 10.6. The van der Waals surface area contributed by atoms with Crippen LogP contribution in [0, 0.1) is 10.1 Å². The Morgan fingerprint density at radius 2 is 2.21 bits per heavy atom. The minimum Gasteiger partial charge on any atom is -0.369 e. The Morgan fingerprint density at radius 3 is 2.64 bits per heavy atom. The van der Waals surface area contributed by atoms with Gasteiger partial charge in [0.2, 0.25) is 5.91 Å². The summed E-state index contributed by atoms with van der Waals surface area (Å²) in [6.07, 6.45) is 0.0680. The number of hydrogen-bond donors (Lipinski definition) is 1. The Morgan fingerprint density at radius 1 is 1.57 bits per heavy atom. The lowest BCUT2D eigenvalue weighted by molar-refractivity contribution is -0.384. The smallest absolute Gasteiger partial charge is 0.270 e. The molecule has 1 aromatic carbocycles. The molecule has 1 rings (SSSR count). The number of hydrogen-bond acceptors (Lipinski definition) is 3. The van der Waals surface area contributed by atoms with Crippen molar-refractivity contribution in [3.05, 3.63) is 38.3 Å². The number of nitro benzene ring substituents is 1. The van der Waals surface area contributed by atoms with Crippen LogP contribution in [0.3, 0.4) is 0 Å². The van der Waals surface area contributed by atoms with E-state index in [-0.39, 0.29) is 12.1 Å². The van der Waals surface area contributed by atoms with Gasteiger partial charge in [0.15, 0.2) is 0 Å². The van der Waals surface area contributed by atoms with Gasteiger partial charge < -0.3 is 5.73 Å². The molecular formula is C8H7BrN2O3. The molecule has 0 saturated heterocycles. The summed E-state index contributed by atoms with van der Waals surface area (Å²) in [7, 11) is 0. The third-order valence-corrected chi connectivity index (χ3v) is 2.35. The molecule has 0 aliphatic rings. The zero-order valence-corrected chi connectivity index (χ0v) is 8.65. The van der Waals surface area contributed by atoms with Crippen molar-refractivity contribution in [2.75, 3.05) is 0 Å². The van der Waals surface area contributed by atoms with Crippen LogP contribution in [0.5, 0.6) is 0 Å². The molecule has 0 aromatic heterocycles. The van der Waals surface area contributed by atoms with Crippen LogP contribution in [0.15, 0.2) is 22.7 Å². The SMILES string of the molecule is NC(=O)Cc1ccc([N+](=O)[O-])cc1Br. The van der Waals surface area contributed by atoms with Gasteiger partial charge in [0.1, 0.15) is 0 Å². The van der Waals surface area contributed by atoms with Gasteiger partial charge in [-0.1, -0.05) is 22.0 Å².